The van der Waals surface area contributed by atoms with Crippen LogP contribution in [0.25, 0.3) is 28.1 Å². The van der Waals surface area contributed by atoms with Crippen molar-refractivity contribution in [2.24, 2.45) is 0 Å². The van der Waals surface area contributed by atoms with E-state index in [9.17, 15) is 0 Å². The zero-order chi connectivity index (χ0) is 15.4. The average molecular weight is 285 g/mol. The summed E-state index contributed by atoms with van der Waals surface area (Å²) in [7, 11) is 0. The first-order chi connectivity index (χ1) is 10.8. The Labute approximate surface area is 128 Å². The third-order valence-electron chi connectivity index (χ3n) is 3.18. The summed E-state index contributed by atoms with van der Waals surface area (Å²) in [6.45, 7) is 6.89. The average Bonchev–Trinajstić information content (AvgIpc) is 3.22. The maximum absolute atomic E-state index is 8.79. The summed E-state index contributed by atoms with van der Waals surface area (Å²) in [5.74, 6) is 1.17. The number of furan rings is 1. The van der Waals surface area contributed by atoms with Crippen LogP contribution in [0.15, 0.2) is 70.9 Å². The monoisotopic (exact) mass is 285 g/mol. The molecule has 2 heterocycles. The molecule has 0 atom stereocenters. The molecule has 104 valence electrons. The van der Waals surface area contributed by atoms with E-state index in [1.54, 1.807) is 6.07 Å². The van der Waals surface area contributed by atoms with Crippen LogP contribution in [-0.4, -0.2) is 4.57 Å². The SMILES string of the molecule is [C-]#[N+]/C(C#N)=C/c1ccc(-c2cccn2-c2ccccc2)o1. The van der Waals surface area contributed by atoms with Crippen molar-refractivity contribution in [1.29, 1.82) is 5.26 Å². The van der Waals surface area contributed by atoms with Gasteiger partial charge in [-0.2, -0.15) is 0 Å². The molecule has 2 aromatic heterocycles. The predicted molar refractivity (Wildman–Crippen MR) is 83.7 cm³/mol. The molecule has 0 amide bonds. The smallest absolute Gasteiger partial charge is 0.265 e. The molecule has 0 aliphatic rings. The zero-order valence-electron chi connectivity index (χ0n) is 11.6. The van der Waals surface area contributed by atoms with Crippen LogP contribution in [0, 0.1) is 17.9 Å². The first kappa shape index (κ1) is 13.5. The molecule has 0 spiro atoms. The number of hydrogen-bond acceptors (Lipinski definition) is 2. The number of para-hydroxylation sites is 1. The molecule has 0 fully saturated rings. The second-order valence-corrected chi connectivity index (χ2v) is 4.55. The van der Waals surface area contributed by atoms with E-state index in [0.717, 1.165) is 11.4 Å². The van der Waals surface area contributed by atoms with E-state index in [-0.39, 0.29) is 5.70 Å². The lowest BCUT2D eigenvalue weighted by Crippen LogP contribution is -1.93. The van der Waals surface area contributed by atoms with Crippen LogP contribution in [0.5, 0.6) is 0 Å². The molecule has 0 unspecified atom stereocenters. The van der Waals surface area contributed by atoms with E-state index in [2.05, 4.69) is 4.85 Å². The number of allylic oxidation sites excluding steroid dienone is 1. The first-order valence-corrected chi connectivity index (χ1v) is 6.64. The van der Waals surface area contributed by atoms with Crippen molar-refractivity contribution >= 4 is 6.08 Å². The van der Waals surface area contributed by atoms with Gasteiger partial charge in [0.1, 0.15) is 5.76 Å². The quantitative estimate of drug-likeness (QED) is 0.524. The van der Waals surface area contributed by atoms with Gasteiger partial charge in [0.05, 0.1) is 18.3 Å². The van der Waals surface area contributed by atoms with Crippen LogP contribution in [0.3, 0.4) is 0 Å². The number of nitriles is 1. The molecule has 3 aromatic rings. The highest BCUT2D eigenvalue weighted by atomic mass is 16.3. The molecule has 0 aliphatic carbocycles. The Morgan fingerprint density at radius 2 is 1.95 bits per heavy atom. The minimum Gasteiger partial charge on any atom is -0.456 e. The van der Waals surface area contributed by atoms with E-state index in [0.29, 0.717) is 11.5 Å². The van der Waals surface area contributed by atoms with E-state index < -0.39 is 0 Å². The van der Waals surface area contributed by atoms with Crippen LogP contribution < -0.4 is 0 Å². The third-order valence-corrected chi connectivity index (χ3v) is 3.18. The molecule has 3 rings (SSSR count). The maximum atomic E-state index is 8.79. The van der Waals surface area contributed by atoms with E-state index >= 15 is 0 Å². The Morgan fingerprint density at radius 3 is 2.68 bits per heavy atom. The highest BCUT2D eigenvalue weighted by Gasteiger charge is 2.10. The van der Waals surface area contributed by atoms with Crippen LogP contribution in [0.1, 0.15) is 5.76 Å². The molecular formula is C18H11N3O. The van der Waals surface area contributed by atoms with Gasteiger partial charge in [-0.25, -0.2) is 10.1 Å². The molecule has 4 heteroatoms. The molecule has 0 saturated carbocycles. The molecule has 0 bridgehead atoms. The van der Waals surface area contributed by atoms with Gasteiger partial charge in [0.25, 0.3) is 5.70 Å². The van der Waals surface area contributed by atoms with Crippen LogP contribution in [0.4, 0.5) is 0 Å². The van der Waals surface area contributed by atoms with Crippen LogP contribution >= 0.6 is 0 Å². The number of hydrogen-bond donors (Lipinski definition) is 0. The van der Waals surface area contributed by atoms with Gasteiger partial charge in [0.2, 0.25) is 0 Å². The number of benzene rings is 1. The van der Waals surface area contributed by atoms with Crippen LogP contribution in [-0.2, 0) is 0 Å². The van der Waals surface area contributed by atoms with E-state index in [1.165, 1.54) is 6.08 Å². The Hall–Kier alpha value is -3.50. The Kier molecular flexibility index (Phi) is 3.59. The summed E-state index contributed by atoms with van der Waals surface area (Å²) in [5, 5.41) is 8.79. The molecule has 0 aliphatic heterocycles. The Balaban J connectivity index is 2.00. The second kappa shape index (κ2) is 5.87. The molecule has 0 N–H and O–H groups in total. The summed E-state index contributed by atoms with van der Waals surface area (Å²) >= 11 is 0. The molecule has 0 saturated heterocycles. The summed E-state index contributed by atoms with van der Waals surface area (Å²) < 4.78 is 7.75. The molecular weight excluding hydrogens is 274 g/mol. The standard InChI is InChI=1S/C18H11N3O/c1-20-14(13-19)12-16-9-10-18(22-16)17-8-5-11-21(17)15-6-3-2-4-7-15/h2-12H/b14-12+. The zero-order valence-corrected chi connectivity index (χ0v) is 11.6. The second-order valence-electron chi connectivity index (χ2n) is 4.55. The van der Waals surface area contributed by atoms with Gasteiger partial charge in [-0.1, -0.05) is 18.2 Å². The van der Waals surface area contributed by atoms with Gasteiger partial charge >= 0.3 is 0 Å². The van der Waals surface area contributed by atoms with Crippen molar-refractivity contribution in [1.82, 2.24) is 4.57 Å². The first-order valence-electron chi connectivity index (χ1n) is 6.64. The minimum absolute atomic E-state index is 0.000609. The lowest BCUT2D eigenvalue weighted by molar-refractivity contribution is 0.568. The third kappa shape index (κ3) is 2.54. The van der Waals surface area contributed by atoms with Gasteiger partial charge < -0.3 is 8.98 Å². The lowest BCUT2D eigenvalue weighted by Gasteiger charge is -2.06. The molecule has 1 aromatic carbocycles. The molecule has 0 radical (unpaired) electrons. The van der Waals surface area contributed by atoms with Crippen molar-refractivity contribution in [3.63, 3.8) is 0 Å². The van der Waals surface area contributed by atoms with E-state index in [1.807, 2.05) is 65.4 Å². The molecule has 22 heavy (non-hydrogen) atoms. The fourth-order valence-corrected chi connectivity index (χ4v) is 2.19. The number of nitrogens with zero attached hydrogens (tertiary/aromatic N) is 3. The topological polar surface area (TPSA) is 46.2 Å². The van der Waals surface area contributed by atoms with Crippen molar-refractivity contribution in [2.75, 3.05) is 0 Å². The van der Waals surface area contributed by atoms with Crippen molar-refractivity contribution in [2.45, 2.75) is 0 Å². The normalized spacial score (nSPS) is 10.9. The van der Waals surface area contributed by atoms with Gasteiger partial charge in [-0.15, -0.1) is 0 Å². The Bertz CT molecular complexity index is 886. The number of rotatable bonds is 3. The summed E-state index contributed by atoms with van der Waals surface area (Å²) in [4.78, 5) is 3.12. The van der Waals surface area contributed by atoms with Crippen molar-refractivity contribution in [3.8, 4) is 23.2 Å². The largest absolute Gasteiger partial charge is 0.456 e. The van der Waals surface area contributed by atoms with Gasteiger partial charge in [-0.05, 0) is 42.5 Å². The number of aromatic nitrogens is 1. The van der Waals surface area contributed by atoms with Crippen molar-refractivity contribution < 1.29 is 4.42 Å². The van der Waals surface area contributed by atoms with E-state index in [4.69, 9.17) is 16.3 Å². The summed E-state index contributed by atoms with van der Waals surface area (Å²) in [6, 6.07) is 19.3. The predicted octanol–water partition coefficient (Wildman–Crippen LogP) is 4.52. The lowest BCUT2D eigenvalue weighted by atomic mass is 10.3. The fourth-order valence-electron chi connectivity index (χ4n) is 2.19. The van der Waals surface area contributed by atoms with Crippen molar-refractivity contribution in [3.05, 3.63) is 83.7 Å². The highest BCUT2D eigenvalue weighted by molar-refractivity contribution is 5.62. The summed E-state index contributed by atoms with van der Waals surface area (Å²) in [5.41, 5.74) is 1.95. The highest BCUT2D eigenvalue weighted by Crippen LogP contribution is 2.26. The van der Waals surface area contributed by atoms with Gasteiger partial charge in [-0.3, -0.25) is 0 Å². The van der Waals surface area contributed by atoms with Gasteiger partial charge in [0.15, 0.2) is 5.76 Å². The fraction of sp³-hybridized carbons (Fsp3) is 0. The Morgan fingerprint density at radius 1 is 1.14 bits per heavy atom. The minimum atomic E-state index is -0.000609. The van der Waals surface area contributed by atoms with Crippen LogP contribution in [0.2, 0.25) is 0 Å². The maximum Gasteiger partial charge on any atom is 0.265 e. The summed E-state index contributed by atoms with van der Waals surface area (Å²) in [6.07, 6.45) is 3.40. The van der Waals surface area contributed by atoms with Gasteiger partial charge in [0, 0.05) is 11.9 Å². The molecule has 4 nitrogen and oxygen atoms in total.